The minimum absolute atomic E-state index is 0.664. The molecule has 5 rings (SSSR count). The Labute approximate surface area is 105 Å². The van der Waals surface area contributed by atoms with Crippen LogP contribution in [0.4, 0.5) is 0 Å². The van der Waals surface area contributed by atoms with Crippen LogP contribution < -0.4 is 9.80 Å². The Bertz CT molecular complexity index is 305. The fourth-order valence-corrected chi connectivity index (χ4v) is 6.38. The monoisotopic (exact) mass is 236 g/mol. The van der Waals surface area contributed by atoms with Gasteiger partial charge in [-0.2, -0.15) is 0 Å². The summed E-state index contributed by atoms with van der Waals surface area (Å²) in [4.78, 5) is 4.00. The largest absolute Gasteiger partial charge is 0.282 e. The molecule has 0 aromatic carbocycles. The third-order valence-electron chi connectivity index (χ3n) is 6.47. The summed E-state index contributed by atoms with van der Waals surface area (Å²) in [5.41, 5.74) is 1.99. The molecule has 5 fully saturated rings. The van der Waals surface area contributed by atoms with Crippen LogP contribution >= 0.6 is 0 Å². The molecule has 4 saturated heterocycles. The summed E-state index contributed by atoms with van der Waals surface area (Å²) in [6.45, 7) is 11.1. The molecular weight excluding hydrogens is 208 g/mol. The van der Waals surface area contributed by atoms with Crippen LogP contribution in [0.25, 0.3) is 0 Å². The Hall–Kier alpha value is -0.0800. The predicted octanol–water partition coefficient (Wildman–Crippen LogP) is -0.140. The molecule has 2 nitrogen and oxygen atoms in total. The van der Waals surface area contributed by atoms with Crippen LogP contribution in [0.1, 0.15) is 52.4 Å². The topological polar surface area (TPSA) is 8.88 Å². The lowest BCUT2D eigenvalue weighted by atomic mass is 9.60. The van der Waals surface area contributed by atoms with Crippen LogP contribution in [0.5, 0.6) is 0 Å². The zero-order chi connectivity index (χ0) is 11.7. The van der Waals surface area contributed by atoms with Crippen molar-refractivity contribution in [2.24, 2.45) is 10.8 Å². The van der Waals surface area contributed by atoms with Gasteiger partial charge in [0.1, 0.15) is 0 Å². The lowest BCUT2D eigenvalue weighted by Crippen LogP contribution is -3.49. The summed E-state index contributed by atoms with van der Waals surface area (Å²) >= 11 is 0. The van der Waals surface area contributed by atoms with Crippen molar-refractivity contribution >= 4 is 0 Å². The maximum absolute atomic E-state index is 2.57. The lowest BCUT2D eigenvalue weighted by Gasteiger charge is -2.65. The van der Waals surface area contributed by atoms with Crippen molar-refractivity contribution in [1.29, 1.82) is 0 Å². The van der Waals surface area contributed by atoms with E-state index in [1.807, 2.05) is 9.80 Å². The molecular formula is C15H28N2+2. The number of nitrogens with one attached hydrogen (secondary N) is 2. The summed E-state index contributed by atoms with van der Waals surface area (Å²) in [5.74, 6) is 0. The average molecular weight is 236 g/mol. The van der Waals surface area contributed by atoms with Crippen molar-refractivity contribution in [3.05, 3.63) is 0 Å². The van der Waals surface area contributed by atoms with Gasteiger partial charge in [0.25, 0.3) is 0 Å². The molecule has 2 heteroatoms. The highest BCUT2D eigenvalue weighted by Gasteiger charge is 2.68. The fourth-order valence-electron chi connectivity index (χ4n) is 6.38. The Morgan fingerprint density at radius 1 is 0.706 bits per heavy atom. The van der Waals surface area contributed by atoms with E-state index < -0.39 is 0 Å². The number of rotatable bonds is 0. The third kappa shape index (κ3) is 1.34. The van der Waals surface area contributed by atoms with Gasteiger partial charge in [-0.15, -0.1) is 0 Å². The molecule has 1 saturated carbocycles. The van der Waals surface area contributed by atoms with Gasteiger partial charge in [-0.05, 0) is 33.1 Å². The summed E-state index contributed by atoms with van der Waals surface area (Å²) < 4.78 is 0. The molecule has 4 aliphatic heterocycles. The van der Waals surface area contributed by atoms with Crippen molar-refractivity contribution in [2.45, 2.75) is 58.0 Å². The highest BCUT2D eigenvalue weighted by atomic mass is 15.5. The Morgan fingerprint density at radius 3 is 1.65 bits per heavy atom. The Balaban J connectivity index is 1.73. The first-order valence-corrected chi connectivity index (χ1v) is 7.74. The van der Waals surface area contributed by atoms with Crippen molar-refractivity contribution in [3.8, 4) is 0 Å². The lowest BCUT2D eigenvalue weighted by molar-refractivity contribution is -1.21. The standard InChI is InChI=1S/C15H26N2/c1-13-8-14(2)11-16(9-13)15(17(10-13)12-14)6-4-3-5-7-15/h3-12H2,1-2H3/p+2. The maximum Gasteiger partial charge on any atom is 0.222 e. The molecule has 4 bridgehead atoms. The second-order valence-corrected chi connectivity index (χ2v) is 8.36. The molecule has 0 unspecified atom stereocenters. The highest BCUT2D eigenvalue weighted by molar-refractivity contribution is 4.96. The number of hydrogen-bond donors (Lipinski definition) is 2. The predicted molar refractivity (Wildman–Crippen MR) is 68.0 cm³/mol. The summed E-state index contributed by atoms with van der Waals surface area (Å²) in [7, 11) is 0. The normalized spacial score (nSPS) is 55.4. The van der Waals surface area contributed by atoms with E-state index in [2.05, 4.69) is 13.8 Å². The van der Waals surface area contributed by atoms with Crippen LogP contribution in [0.3, 0.4) is 0 Å². The molecule has 2 N–H and O–H groups in total. The van der Waals surface area contributed by atoms with Crippen LogP contribution in [-0.4, -0.2) is 31.8 Å². The fraction of sp³-hybridized carbons (Fsp3) is 1.00. The Kier molecular flexibility index (Phi) is 1.96. The van der Waals surface area contributed by atoms with Gasteiger partial charge >= 0.3 is 0 Å². The minimum atomic E-state index is 0.664. The van der Waals surface area contributed by atoms with Crippen molar-refractivity contribution < 1.29 is 9.80 Å². The summed E-state index contributed by atoms with van der Waals surface area (Å²) in [6.07, 6.45) is 9.04. The van der Waals surface area contributed by atoms with Crippen LogP contribution in [0.15, 0.2) is 0 Å². The van der Waals surface area contributed by atoms with Crippen LogP contribution in [-0.2, 0) is 0 Å². The number of piperidine rings is 2. The van der Waals surface area contributed by atoms with Crippen molar-refractivity contribution in [1.82, 2.24) is 0 Å². The molecule has 0 aromatic heterocycles. The van der Waals surface area contributed by atoms with Gasteiger partial charge in [-0.25, -0.2) is 0 Å². The van der Waals surface area contributed by atoms with Crippen molar-refractivity contribution in [2.75, 3.05) is 26.2 Å². The first-order valence-electron chi connectivity index (χ1n) is 7.74. The molecule has 4 heterocycles. The second kappa shape index (κ2) is 3.08. The van der Waals surface area contributed by atoms with Crippen LogP contribution in [0.2, 0.25) is 0 Å². The third-order valence-corrected chi connectivity index (χ3v) is 6.47. The smallest absolute Gasteiger partial charge is 0.222 e. The number of quaternary nitrogens is 2. The summed E-state index contributed by atoms with van der Waals surface area (Å²) in [5, 5.41) is 0. The van der Waals surface area contributed by atoms with Gasteiger partial charge in [0, 0.05) is 0 Å². The molecule has 96 valence electrons. The van der Waals surface area contributed by atoms with Crippen molar-refractivity contribution in [3.63, 3.8) is 0 Å². The average Bonchev–Trinajstić information content (AvgIpc) is 2.24. The molecule has 0 atom stereocenters. The highest BCUT2D eigenvalue weighted by Crippen LogP contribution is 2.41. The maximum atomic E-state index is 2.57. The molecule has 0 aromatic rings. The van der Waals surface area contributed by atoms with Crippen LogP contribution in [0, 0.1) is 10.8 Å². The van der Waals surface area contributed by atoms with Gasteiger partial charge in [-0.3, -0.25) is 9.80 Å². The van der Waals surface area contributed by atoms with E-state index in [4.69, 9.17) is 0 Å². The number of hydrogen-bond acceptors (Lipinski definition) is 0. The first-order chi connectivity index (χ1) is 8.04. The minimum Gasteiger partial charge on any atom is -0.282 e. The van der Waals surface area contributed by atoms with E-state index in [9.17, 15) is 0 Å². The van der Waals surface area contributed by atoms with E-state index >= 15 is 0 Å². The molecule has 1 aliphatic carbocycles. The quantitative estimate of drug-likeness (QED) is 0.579. The molecule has 17 heavy (non-hydrogen) atoms. The van der Waals surface area contributed by atoms with Gasteiger partial charge in [0.15, 0.2) is 0 Å². The molecule has 5 aliphatic rings. The van der Waals surface area contributed by atoms with Gasteiger partial charge in [0.05, 0.1) is 49.9 Å². The van der Waals surface area contributed by atoms with E-state index in [0.29, 0.717) is 16.5 Å². The SMILES string of the molecule is CC12C[NH+]3CC(C)(C[NH+](C1)C31CCCCC1)C2. The molecule has 0 amide bonds. The van der Waals surface area contributed by atoms with E-state index in [1.165, 1.54) is 64.7 Å². The molecule has 0 radical (unpaired) electrons. The Morgan fingerprint density at radius 2 is 1.18 bits per heavy atom. The van der Waals surface area contributed by atoms with Gasteiger partial charge < -0.3 is 0 Å². The van der Waals surface area contributed by atoms with Gasteiger partial charge in [-0.1, -0.05) is 6.42 Å². The van der Waals surface area contributed by atoms with E-state index in [-0.39, 0.29) is 0 Å². The first kappa shape index (κ1) is 10.8. The zero-order valence-corrected chi connectivity index (χ0v) is 11.6. The van der Waals surface area contributed by atoms with Gasteiger partial charge in [0.2, 0.25) is 5.66 Å². The zero-order valence-electron chi connectivity index (χ0n) is 11.6. The molecule has 1 spiro atoms. The van der Waals surface area contributed by atoms with E-state index in [1.54, 1.807) is 0 Å². The second-order valence-electron chi connectivity index (χ2n) is 8.36. The van der Waals surface area contributed by atoms with E-state index in [0.717, 1.165) is 0 Å². The summed E-state index contributed by atoms with van der Waals surface area (Å²) in [6, 6.07) is 0.